The maximum Gasteiger partial charge on any atom is 0.161 e. The van der Waals surface area contributed by atoms with Crippen LogP contribution in [0.4, 0.5) is 8.78 Å². The van der Waals surface area contributed by atoms with Crippen LogP contribution in [0.1, 0.15) is 33.5 Å². The van der Waals surface area contributed by atoms with Crippen LogP contribution in [0.5, 0.6) is 0 Å². The zero-order valence-corrected chi connectivity index (χ0v) is 13.4. The molecule has 114 valence electrons. The molecule has 2 rings (SSSR count). The molecular formula is C15H19F2N3S. The number of benzene rings is 1. The molecule has 2 aromatic rings. The normalized spacial score (nSPS) is 13.6. The summed E-state index contributed by atoms with van der Waals surface area (Å²) in [5, 5.41) is 0. The monoisotopic (exact) mass is 311 g/mol. The number of hydrogen-bond donors (Lipinski definition) is 1. The number of hydrogen-bond acceptors (Lipinski definition) is 2. The van der Waals surface area contributed by atoms with Crippen molar-refractivity contribution in [2.24, 2.45) is 11.7 Å². The molecule has 0 radical (unpaired) electrons. The number of rotatable bonds is 3. The van der Waals surface area contributed by atoms with E-state index in [4.69, 9.17) is 18.0 Å². The summed E-state index contributed by atoms with van der Waals surface area (Å²) in [4.78, 5) is 4.86. The third-order valence-electron chi connectivity index (χ3n) is 3.40. The Bertz CT molecular complexity index is 701. The maximum absolute atomic E-state index is 13.6. The molecule has 0 bridgehead atoms. The first kappa shape index (κ1) is 15.8. The van der Waals surface area contributed by atoms with Crippen molar-refractivity contribution >= 4 is 28.2 Å². The van der Waals surface area contributed by atoms with Gasteiger partial charge in [-0.1, -0.05) is 39.9 Å². The summed E-state index contributed by atoms with van der Waals surface area (Å²) in [7, 11) is 0. The third-order valence-corrected chi connectivity index (χ3v) is 3.81. The van der Waals surface area contributed by atoms with Crippen LogP contribution < -0.4 is 5.73 Å². The van der Waals surface area contributed by atoms with E-state index in [0.717, 1.165) is 11.9 Å². The molecular weight excluding hydrogens is 292 g/mol. The molecule has 1 atom stereocenters. The minimum atomic E-state index is -0.894. The minimum absolute atomic E-state index is 0.0633. The van der Waals surface area contributed by atoms with Gasteiger partial charge < -0.3 is 10.3 Å². The van der Waals surface area contributed by atoms with Crippen LogP contribution in [-0.4, -0.2) is 14.5 Å². The van der Waals surface area contributed by atoms with Crippen LogP contribution in [0.15, 0.2) is 12.1 Å². The molecule has 0 spiro atoms. The summed E-state index contributed by atoms with van der Waals surface area (Å²) in [5.41, 5.74) is 6.41. The standard InChI is InChI=1S/C15H19F2N3S/c1-8(13(18)21)7-20-12-6-10(17)9(16)5-11(12)19-14(20)15(2,3)4/h5-6,8H,7H2,1-4H3,(H2,18,21). The number of imidazole rings is 1. The second kappa shape index (κ2) is 5.33. The molecule has 0 aliphatic carbocycles. The second-order valence-electron chi connectivity index (χ2n) is 6.35. The summed E-state index contributed by atoms with van der Waals surface area (Å²) >= 11 is 5.01. The van der Waals surface area contributed by atoms with Crippen LogP contribution in [0.2, 0.25) is 0 Å². The Balaban J connectivity index is 2.68. The molecule has 2 N–H and O–H groups in total. The Morgan fingerprint density at radius 3 is 2.43 bits per heavy atom. The Morgan fingerprint density at radius 2 is 1.90 bits per heavy atom. The Kier molecular flexibility index (Phi) is 4.02. The summed E-state index contributed by atoms with van der Waals surface area (Å²) in [6.45, 7) is 8.40. The van der Waals surface area contributed by atoms with Gasteiger partial charge in [0.2, 0.25) is 0 Å². The SMILES string of the molecule is CC(Cn1c(C(C)(C)C)nc2cc(F)c(F)cc21)C(N)=S. The van der Waals surface area contributed by atoms with Gasteiger partial charge in [0.05, 0.1) is 16.0 Å². The van der Waals surface area contributed by atoms with E-state index < -0.39 is 11.6 Å². The van der Waals surface area contributed by atoms with Gasteiger partial charge in [0, 0.05) is 30.0 Å². The van der Waals surface area contributed by atoms with Crippen molar-refractivity contribution in [2.45, 2.75) is 39.7 Å². The van der Waals surface area contributed by atoms with Gasteiger partial charge in [-0.2, -0.15) is 0 Å². The Morgan fingerprint density at radius 1 is 1.33 bits per heavy atom. The lowest BCUT2D eigenvalue weighted by Crippen LogP contribution is -2.26. The van der Waals surface area contributed by atoms with Crippen molar-refractivity contribution in [3.63, 3.8) is 0 Å². The van der Waals surface area contributed by atoms with Gasteiger partial charge in [0.15, 0.2) is 11.6 Å². The highest BCUT2D eigenvalue weighted by molar-refractivity contribution is 7.80. The largest absolute Gasteiger partial charge is 0.393 e. The lowest BCUT2D eigenvalue weighted by molar-refractivity contribution is 0.483. The molecule has 0 saturated carbocycles. The first-order valence-electron chi connectivity index (χ1n) is 6.76. The quantitative estimate of drug-likeness (QED) is 0.882. The molecule has 6 heteroatoms. The number of thiocarbonyl (C=S) groups is 1. The Labute approximate surface area is 128 Å². The van der Waals surface area contributed by atoms with Crippen molar-refractivity contribution in [1.29, 1.82) is 0 Å². The average molecular weight is 311 g/mol. The van der Waals surface area contributed by atoms with Crippen LogP contribution in [0.25, 0.3) is 11.0 Å². The fourth-order valence-corrected chi connectivity index (χ4v) is 2.32. The summed E-state index contributed by atoms with van der Waals surface area (Å²) in [6, 6.07) is 2.31. The molecule has 0 aliphatic heterocycles. The van der Waals surface area contributed by atoms with E-state index in [2.05, 4.69) is 4.98 Å². The molecule has 0 aliphatic rings. The first-order valence-corrected chi connectivity index (χ1v) is 7.17. The van der Waals surface area contributed by atoms with Gasteiger partial charge in [-0.05, 0) is 0 Å². The molecule has 0 fully saturated rings. The minimum Gasteiger partial charge on any atom is -0.393 e. The molecule has 1 heterocycles. The van der Waals surface area contributed by atoms with E-state index in [1.807, 2.05) is 32.3 Å². The van der Waals surface area contributed by atoms with Crippen molar-refractivity contribution in [1.82, 2.24) is 9.55 Å². The van der Waals surface area contributed by atoms with E-state index in [1.165, 1.54) is 6.07 Å². The number of nitrogens with zero attached hydrogens (tertiary/aromatic N) is 2. The number of halogens is 2. The van der Waals surface area contributed by atoms with Gasteiger partial charge in [0.1, 0.15) is 5.82 Å². The van der Waals surface area contributed by atoms with E-state index in [1.54, 1.807) is 0 Å². The second-order valence-corrected chi connectivity index (χ2v) is 6.83. The smallest absolute Gasteiger partial charge is 0.161 e. The third kappa shape index (κ3) is 3.05. The van der Waals surface area contributed by atoms with Crippen molar-refractivity contribution in [3.05, 3.63) is 29.6 Å². The molecule has 3 nitrogen and oxygen atoms in total. The van der Waals surface area contributed by atoms with Crippen LogP contribution in [0, 0.1) is 17.6 Å². The fourth-order valence-electron chi connectivity index (χ4n) is 2.24. The molecule has 1 aromatic heterocycles. The summed E-state index contributed by atoms with van der Waals surface area (Å²) in [6.07, 6.45) is 0. The van der Waals surface area contributed by atoms with Crippen LogP contribution in [0.3, 0.4) is 0 Å². The van der Waals surface area contributed by atoms with Gasteiger partial charge in [-0.3, -0.25) is 0 Å². The first-order chi connectivity index (χ1) is 9.61. The van der Waals surface area contributed by atoms with Gasteiger partial charge >= 0.3 is 0 Å². The van der Waals surface area contributed by atoms with Crippen molar-refractivity contribution in [2.75, 3.05) is 0 Å². The van der Waals surface area contributed by atoms with Gasteiger partial charge in [0.25, 0.3) is 0 Å². The molecule has 21 heavy (non-hydrogen) atoms. The predicted molar refractivity (Wildman–Crippen MR) is 84.3 cm³/mol. The lowest BCUT2D eigenvalue weighted by Gasteiger charge is -2.22. The van der Waals surface area contributed by atoms with Crippen LogP contribution in [-0.2, 0) is 12.0 Å². The number of nitrogens with two attached hydrogens (primary N) is 1. The van der Waals surface area contributed by atoms with E-state index in [-0.39, 0.29) is 11.3 Å². The van der Waals surface area contributed by atoms with E-state index >= 15 is 0 Å². The van der Waals surface area contributed by atoms with Crippen molar-refractivity contribution < 1.29 is 8.78 Å². The maximum atomic E-state index is 13.6. The highest BCUT2D eigenvalue weighted by atomic mass is 32.1. The summed E-state index contributed by atoms with van der Waals surface area (Å²) in [5.74, 6) is -1.08. The highest BCUT2D eigenvalue weighted by Crippen LogP contribution is 2.28. The lowest BCUT2D eigenvalue weighted by atomic mass is 9.95. The Hall–Kier alpha value is -1.56. The van der Waals surface area contributed by atoms with Gasteiger partial charge in [-0.25, -0.2) is 13.8 Å². The van der Waals surface area contributed by atoms with Crippen LogP contribution >= 0.6 is 12.2 Å². The zero-order chi connectivity index (χ0) is 15.9. The van der Waals surface area contributed by atoms with E-state index in [9.17, 15) is 8.78 Å². The predicted octanol–water partition coefficient (Wildman–Crippen LogP) is 3.53. The average Bonchev–Trinajstić information content (AvgIpc) is 2.68. The number of aromatic nitrogens is 2. The number of fused-ring (bicyclic) bond motifs is 1. The van der Waals surface area contributed by atoms with E-state index in [0.29, 0.717) is 22.6 Å². The van der Waals surface area contributed by atoms with Gasteiger partial charge in [-0.15, -0.1) is 0 Å². The summed E-state index contributed by atoms with van der Waals surface area (Å²) < 4.78 is 28.9. The fraction of sp³-hybridized carbons (Fsp3) is 0.467. The van der Waals surface area contributed by atoms with Crippen molar-refractivity contribution in [3.8, 4) is 0 Å². The highest BCUT2D eigenvalue weighted by Gasteiger charge is 2.25. The molecule has 1 unspecified atom stereocenters. The topological polar surface area (TPSA) is 43.8 Å². The molecule has 0 amide bonds. The molecule has 0 saturated heterocycles. The zero-order valence-electron chi connectivity index (χ0n) is 12.6. The molecule has 1 aromatic carbocycles.